The van der Waals surface area contributed by atoms with Gasteiger partial charge in [0.25, 0.3) is 13.4 Å². The van der Waals surface area contributed by atoms with Crippen LogP contribution < -0.4 is 5.32 Å². The van der Waals surface area contributed by atoms with Crippen LogP contribution in [-0.2, 0) is 24.0 Å². The molecule has 48 heavy (non-hydrogen) atoms. The molecule has 0 radical (unpaired) electrons. The van der Waals surface area contributed by atoms with Crippen LogP contribution in [0.4, 0.5) is 0 Å². The SMILES string of the molecule is O=C(O)CN1CCN(CC(=O)O)CCN(CC(=O)/C=C/c2ccc(C(=O)NCC(=O)N3CCC[C@H]3BO)cc2)CCN(CC(=O)O)CC1. The van der Waals surface area contributed by atoms with Crippen LogP contribution in [-0.4, -0.2) is 185 Å². The molecule has 1 aromatic carbocycles. The molecule has 17 heteroatoms. The summed E-state index contributed by atoms with van der Waals surface area (Å²) in [6.07, 6.45) is 4.56. The largest absolute Gasteiger partial charge is 0.480 e. The summed E-state index contributed by atoms with van der Waals surface area (Å²) in [4.78, 5) is 80.8. The number of aliphatic carboxylic acids is 3. The number of nitrogens with one attached hydrogen (secondary N) is 1. The van der Waals surface area contributed by atoms with Crippen LogP contribution >= 0.6 is 0 Å². The molecular weight excluding hydrogens is 627 g/mol. The predicted octanol–water partition coefficient (Wildman–Crippen LogP) is -2.23. The molecule has 2 aliphatic rings. The van der Waals surface area contributed by atoms with Crippen LogP contribution in [0.2, 0.25) is 0 Å². The Morgan fingerprint density at radius 1 is 0.708 bits per heavy atom. The van der Waals surface area contributed by atoms with Gasteiger partial charge < -0.3 is 30.6 Å². The smallest absolute Gasteiger partial charge is 0.317 e. The molecule has 2 aliphatic heterocycles. The lowest BCUT2D eigenvalue weighted by Gasteiger charge is -2.32. The second-order valence-electron chi connectivity index (χ2n) is 12.0. The Morgan fingerprint density at radius 3 is 1.60 bits per heavy atom. The maximum Gasteiger partial charge on any atom is 0.317 e. The van der Waals surface area contributed by atoms with Gasteiger partial charge in [-0.05, 0) is 36.6 Å². The van der Waals surface area contributed by atoms with E-state index in [2.05, 4.69) is 5.32 Å². The molecular formula is C31H45BN6O10. The summed E-state index contributed by atoms with van der Waals surface area (Å²) < 4.78 is 0. The summed E-state index contributed by atoms with van der Waals surface area (Å²) in [5, 5.41) is 40.1. The molecule has 2 saturated heterocycles. The third-order valence-corrected chi connectivity index (χ3v) is 8.33. The zero-order chi connectivity index (χ0) is 35.1. The van der Waals surface area contributed by atoms with E-state index in [1.54, 1.807) is 49.9 Å². The zero-order valence-electron chi connectivity index (χ0n) is 27.0. The van der Waals surface area contributed by atoms with Crippen molar-refractivity contribution in [2.75, 3.05) is 91.6 Å². The molecule has 3 rings (SSSR count). The topological polar surface area (TPSA) is 212 Å². The summed E-state index contributed by atoms with van der Waals surface area (Å²) in [5.41, 5.74) is 1.01. The number of hydrogen-bond acceptors (Lipinski definition) is 11. The van der Waals surface area contributed by atoms with Crippen LogP contribution in [0.25, 0.3) is 6.08 Å². The van der Waals surface area contributed by atoms with Crippen LogP contribution in [0, 0.1) is 0 Å². The van der Waals surface area contributed by atoms with E-state index in [0.717, 1.165) is 12.8 Å². The second-order valence-corrected chi connectivity index (χ2v) is 12.0. The predicted molar refractivity (Wildman–Crippen MR) is 176 cm³/mol. The number of ketones is 1. The summed E-state index contributed by atoms with van der Waals surface area (Å²) in [6.45, 7) is 2.04. The highest BCUT2D eigenvalue weighted by Crippen LogP contribution is 2.15. The van der Waals surface area contributed by atoms with Crippen molar-refractivity contribution in [2.45, 2.75) is 18.8 Å². The van der Waals surface area contributed by atoms with Gasteiger partial charge >= 0.3 is 17.9 Å². The molecule has 262 valence electrons. The minimum absolute atomic E-state index is 0.00609. The third kappa shape index (κ3) is 13.5. The number of carboxylic acids is 3. The van der Waals surface area contributed by atoms with Gasteiger partial charge in [-0.25, -0.2) is 0 Å². The van der Waals surface area contributed by atoms with Crippen molar-refractivity contribution in [3.05, 3.63) is 41.5 Å². The highest BCUT2D eigenvalue weighted by atomic mass is 16.4. The Morgan fingerprint density at radius 2 is 1.17 bits per heavy atom. The molecule has 5 N–H and O–H groups in total. The Hall–Kier alpha value is -4.16. The lowest BCUT2D eigenvalue weighted by molar-refractivity contribution is -0.140. The molecule has 2 heterocycles. The van der Waals surface area contributed by atoms with E-state index in [1.807, 2.05) is 4.90 Å². The minimum atomic E-state index is -1.03. The van der Waals surface area contributed by atoms with Gasteiger partial charge in [-0.2, -0.15) is 0 Å². The first kappa shape index (κ1) is 38.3. The Labute approximate surface area is 279 Å². The Kier molecular flexibility index (Phi) is 15.6. The van der Waals surface area contributed by atoms with E-state index >= 15 is 0 Å². The number of benzene rings is 1. The van der Waals surface area contributed by atoms with Crippen LogP contribution in [0.5, 0.6) is 0 Å². The monoisotopic (exact) mass is 672 g/mol. The molecule has 0 bridgehead atoms. The first-order valence-electron chi connectivity index (χ1n) is 16.0. The van der Waals surface area contributed by atoms with E-state index in [1.165, 1.54) is 6.08 Å². The number of amides is 2. The molecule has 0 unspecified atom stereocenters. The first-order chi connectivity index (χ1) is 22.9. The lowest BCUT2D eigenvalue weighted by Crippen LogP contribution is -2.49. The fraction of sp³-hybridized carbons (Fsp3) is 0.548. The van der Waals surface area contributed by atoms with Crippen LogP contribution in [0.15, 0.2) is 30.3 Å². The summed E-state index contributed by atoms with van der Waals surface area (Å²) in [7, 11) is -0.109. The van der Waals surface area contributed by atoms with Gasteiger partial charge in [0.1, 0.15) is 0 Å². The molecule has 0 aliphatic carbocycles. The first-order valence-corrected chi connectivity index (χ1v) is 16.0. The fourth-order valence-corrected chi connectivity index (χ4v) is 5.71. The van der Waals surface area contributed by atoms with Gasteiger partial charge in [-0.1, -0.05) is 18.2 Å². The number of nitrogens with zero attached hydrogens (tertiary/aromatic N) is 5. The van der Waals surface area contributed by atoms with Gasteiger partial charge in [0, 0.05) is 70.4 Å². The van der Waals surface area contributed by atoms with Crippen LogP contribution in [0.1, 0.15) is 28.8 Å². The Balaban J connectivity index is 1.59. The lowest BCUT2D eigenvalue weighted by atomic mass is 9.86. The van der Waals surface area contributed by atoms with Gasteiger partial charge in [0.15, 0.2) is 5.78 Å². The van der Waals surface area contributed by atoms with Crippen LogP contribution in [0.3, 0.4) is 0 Å². The van der Waals surface area contributed by atoms with Crippen molar-refractivity contribution in [3.63, 3.8) is 0 Å². The van der Waals surface area contributed by atoms with E-state index in [9.17, 15) is 49.1 Å². The highest BCUT2D eigenvalue weighted by Gasteiger charge is 2.29. The molecule has 1 atom stereocenters. The van der Waals surface area contributed by atoms with Crippen molar-refractivity contribution in [2.24, 2.45) is 0 Å². The van der Waals surface area contributed by atoms with Crippen molar-refractivity contribution in [1.82, 2.24) is 29.8 Å². The van der Waals surface area contributed by atoms with E-state index in [0.29, 0.717) is 43.9 Å². The standard InChI is InChI=1S/C31H45BN6O10/c39-25(8-5-23-3-6-24(7-4-23)31(47)33-18-27(40)38-9-1-2-26(38)32-48)19-34-10-12-35(20-28(41)42)14-16-37(22-30(45)46)17-15-36(13-11-34)21-29(43)44/h3-8,26,32,48H,1-2,9-22H2,(H,33,47)(H,41,42)(H,43,44)(H,45,46)/b8-5+/t26-/m0/s1. The molecule has 0 spiro atoms. The summed E-state index contributed by atoms with van der Waals surface area (Å²) in [6, 6.07) is 6.50. The average molecular weight is 673 g/mol. The third-order valence-electron chi connectivity index (χ3n) is 8.33. The molecule has 0 saturated carbocycles. The van der Waals surface area contributed by atoms with Gasteiger partial charge in [-0.3, -0.25) is 48.4 Å². The summed E-state index contributed by atoms with van der Waals surface area (Å²) in [5.74, 6) is -4.20. The van der Waals surface area contributed by atoms with Crippen molar-refractivity contribution < 1.29 is 49.1 Å². The van der Waals surface area contributed by atoms with Gasteiger partial charge in [0.2, 0.25) is 5.91 Å². The summed E-state index contributed by atoms with van der Waals surface area (Å²) >= 11 is 0. The quantitative estimate of drug-likeness (QED) is 0.105. The van der Waals surface area contributed by atoms with Crippen molar-refractivity contribution in [1.29, 1.82) is 0 Å². The van der Waals surface area contributed by atoms with E-state index in [4.69, 9.17) is 0 Å². The normalized spacial score (nSPS) is 19.4. The number of carbonyl (C=O) groups excluding carboxylic acids is 3. The molecule has 16 nitrogen and oxygen atoms in total. The molecule has 2 fully saturated rings. The number of carboxylic acid groups (broad SMARTS) is 3. The van der Waals surface area contributed by atoms with Gasteiger partial charge in [-0.15, -0.1) is 0 Å². The average Bonchev–Trinajstić information content (AvgIpc) is 3.52. The molecule has 2 amide bonds. The Bertz CT molecular complexity index is 1280. The number of likely N-dealkylation sites (tertiary alicyclic amines) is 1. The maximum absolute atomic E-state index is 13.0. The van der Waals surface area contributed by atoms with E-state index < -0.39 is 23.8 Å². The zero-order valence-corrected chi connectivity index (χ0v) is 27.0. The van der Waals surface area contributed by atoms with Crippen molar-refractivity contribution in [3.8, 4) is 0 Å². The molecule has 0 aromatic heterocycles. The number of carbonyl (C=O) groups is 6. The fourth-order valence-electron chi connectivity index (χ4n) is 5.71. The highest BCUT2D eigenvalue weighted by molar-refractivity contribution is 6.28. The maximum atomic E-state index is 13.0. The van der Waals surface area contributed by atoms with Gasteiger partial charge in [0.05, 0.1) is 32.7 Å². The number of rotatable bonds is 14. The second kappa shape index (κ2) is 19.6. The van der Waals surface area contributed by atoms with Crippen molar-refractivity contribution >= 4 is 49.1 Å². The number of hydrogen-bond donors (Lipinski definition) is 5. The minimum Gasteiger partial charge on any atom is -0.480 e. The molecule has 1 aromatic rings. The van der Waals surface area contributed by atoms with E-state index in [-0.39, 0.29) is 84.0 Å².